The SMILES string of the molecule is CC1(C)[C@@H](N)[C@@H]1CC(=O)O. The molecule has 0 aromatic carbocycles. The average molecular weight is 143 g/mol. The molecule has 1 aliphatic carbocycles. The van der Waals surface area contributed by atoms with E-state index in [9.17, 15) is 4.79 Å². The van der Waals surface area contributed by atoms with E-state index < -0.39 is 5.97 Å². The van der Waals surface area contributed by atoms with Gasteiger partial charge in [0.2, 0.25) is 0 Å². The highest BCUT2D eigenvalue weighted by atomic mass is 16.4. The summed E-state index contributed by atoms with van der Waals surface area (Å²) >= 11 is 0. The first-order valence-corrected chi connectivity index (χ1v) is 3.43. The van der Waals surface area contributed by atoms with E-state index in [0.717, 1.165) is 0 Å². The van der Waals surface area contributed by atoms with Gasteiger partial charge in [-0.3, -0.25) is 4.79 Å². The zero-order valence-corrected chi connectivity index (χ0v) is 6.29. The third-order valence-corrected chi connectivity index (χ3v) is 2.53. The first-order chi connectivity index (χ1) is 4.46. The predicted octanol–water partition coefficient (Wildman–Crippen LogP) is 0.444. The molecule has 0 amide bonds. The molecule has 1 aliphatic rings. The Labute approximate surface area is 60.2 Å². The van der Waals surface area contributed by atoms with Crippen molar-refractivity contribution in [1.82, 2.24) is 0 Å². The van der Waals surface area contributed by atoms with E-state index in [1.807, 2.05) is 13.8 Å². The van der Waals surface area contributed by atoms with Gasteiger partial charge in [0.05, 0.1) is 6.42 Å². The number of hydrogen-bond acceptors (Lipinski definition) is 2. The summed E-state index contributed by atoms with van der Waals surface area (Å²) in [7, 11) is 0. The molecule has 10 heavy (non-hydrogen) atoms. The van der Waals surface area contributed by atoms with Crippen LogP contribution in [0.1, 0.15) is 20.3 Å². The van der Waals surface area contributed by atoms with Crippen molar-refractivity contribution in [2.45, 2.75) is 26.3 Å². The van der Waals surface area contributed by atoms with Crippen molar-refractivity contribution in [1.29, 1.82) is 0 Å². The van der Waals surface area contributed by atoms with Crippen LogP contribution in [-0.2, 0) is 4.79 Å². The van der Waals surface area contributed by atoms with Crippen molar-refractivity contribution in [2.75, 3.05) is 0 Å². The first-order valence-electron chi connectivity index (χ1n) is 3.43. The molecule has 0 radical (unpaired) electrons. The standard InChI is InChI=1S/C7H13NO2/c1-7(2)4(6(7)8)3-5(9)10/h4,6H,3,8H2,1-2H3,(H,9,10)/t4-,6-/m0/s1. The Balaban J connectivity index is 2.42. The van der Waals surface area contributed by atoms with Gasteiger partial charge in [-0.2, -0.15) is 0 Å². The molecule has 3 heteroatoms. The molecule has 0 aromatic heterocycles. The van der Waals surface area contributed by atoms with Gasteiger partial charge >= 0.3 is 5.97 Å². The van der Waals surface area contributed by atoms with Crippen LogP contribution in [0.15, 0.2) is 0 Å². The fraction of sp³-hybridized carbons (Fsp3) is 0.857. The van der Waals surface area contributed by atoms with E-state index in [4.69, 9.17) is 10.8 Å². The number of rotatable bonds is 2. The lowest BCUT2D eigenvalue weighted by atomic mass is 10.1. The second-order valence-corrected chi connectivity index (χ2v) is 3.55. The lowest BCUT2D eigenvalue weighted by Crippen LogP contribution is -2.07. The van der Waals surface area contributed by atoms with E-state index in [1.54, 1.807) is 0 Å². The normalized spacial score (nSPS) is 35.5. The Kier molecular flexibility index (Phi) is 1.47. The minimum absolute atomic E-state index is 0.0540. The smallest absolute Gasteiger partial charge is 0.303 e. The molecule has 3 N–H and O–H groups in total. The van der Waals surface area contributed by atoms with Gasteiger partial charge in [0.1, 0.15) is 0 Å². The van der Waals surface area contributed by atoms with Crippen LogP contribution in [0.4, 0.5) is 0 Å². The second kappa shape index (κ2) is 1.95. The molecule has 0 spiro atoms. The molecule has 0 heterocycles. The van der Waals surface area contributed by atoms with Gasteiger partial charge in [-0.15, -0.1) is 0 Å². The van der Waals surface area contributed by atoms with Gasteiger partial charge in [0.25, 0.3) is 0 Å². The van der Waals surface area contributed by atoms with Gasteiger partial charge in [-0.1, -0.05) is 13.8 Å². The van der Waals surface area contributed by atoms with Crippen LogP contribution < -0.4 is 5.73 Å². The fourth-order valence-electron chi connectivity index (χ4n) is 1.36. The highest BCUT2D eigenvalue weighted by molar-refractivity contribution is 5.68. The zero-order valence-electron chi connectivity index (χ0n) is 6.29. The molecule has 0 aromatic rings. The Hall–Kier alpha value is -0.570. The summed E-state index contributed by atoms with van der Waals surface area (Å²) in [6, 6.07) is 0.0867. The highest BCUT2D eigenvalue weighted by Crippen LogP contribution is 2.52. The van der Waals surface area contributed by atoms with Crippen molar-refractivity contribution in [3.8, 4) is 0 Å². The van der Waals surface area contributed by atoms with Crippen LogP contribution in [0.3, 0.4) is 0 Å². The Morgan fingerprint density at radius 3 is 2.20 bits per heavy atom. The van der Waals surface area contributed by atoms with Gasteiger partial charge in [0, 0.05) is 6.04 Å². The number of carboxylic acid groups (broad SMARTS) is 1. The molecule has 1 rings (SSSR count). The van der Waals surface area contributed by atoms with Gasteiger partial charge in [0.15, 0.2) is 0 Å². The summed E-state index contributed by atoms with van der Waals surface area (Å²) in [4.78, 5) is 10.2. The van der Waals surface area contributed by atoms with Crippen LogP contribution >= 0.6 is 0 Å². The summed E-state index contributed by atoms with van der Waals surface area (Å²) in [6.45, 7) is 4.01. The number of carbonyl (C=O) groups is 1. The molecular formula is C7H13NO2. The van der Waals surface area contributed by atoms with Crippen molar-refractivity contribution in [3.05, 3.63) is 0 Å². The fourth-order valence-corrected chi connectivity index (χ4v) is 1.36. The zero-order chi connectivity index (χ0) is 7.94. The Morgan fingerprint density at radius 1 is 1.70 bits per heavy atom. The van der Waals surface area contributed by atoms with Crippen LogP contribution in [-0.4, -0.2) is 17.1 Å². The van der Waals surface area contributed by atoms with E-state index in [2.05, 4.69) is 0 Å². The second-order valence-electron chi connectivity index (χ2n) is 3.55. The number of carboxylic acids is 1. The molecule has 1 saturated carbocycles. The molecular weight excluding hydrogens is 130 g/mol. The average Bonchev–Trinajstić information content (AvgIpc) is 2.17. The summed E-state index contributed by atoms with van der Waals surface area (Å²) in [5.74, 6) is -0.559. The molecule has 3 nitrogen and oxygen atoms in total. The number of aliphatic carboxylic acids is 1. The third-order valence-electron chi connectivity index (χ3n) is 2.53. The Bertz CT molecular complexity index is 165. The minimum atomic E-state index is -0.744. The molecule has 0 aliphatic heterocycles. The van der Waals surface area contributed by atoms with E-state index in [1.165, 1.54) is 0 Å². The lowest BCUT2D eigenvalue weighted by Gasteiger charge is -1.96. The Morgan fingerprint density at radius 2 is 2.10 bits per heavy atom. The van der Waals surface area contributed by atoms with Crippen molar-refractivity contribution in [3.63, 3.8) is 0 Å². The lowest BCUT2D eigenvalue weighted by molar-refractivity contribution is -0.137. The molecule has 2 atom stereocenters. The molecule has 0 bridgehead atoms. The summed E-state index contributed by atoms with van der Waals surface area (Å²) in [5.41, 5.74) is 5.68. The highest BCUT2D eigenvalue weighted by Gasteiger charge is 2.55. The maximum atomic E-state index is 10.2. The van der Waals surface area contributed by atoms with E-state index in [0.29, 0.717) is 0 Å². The van der Waals surface area contributed by atoms with Gasteiger partial charge in [-0.05, 0) is 11.3 Å². The number of hydrogen-bond donors (Lipinski definition) is 2. The first kappa shape index (κ1) is 7.54. The maximum Gasteiger partial charge on any atom is 0.303 e. The maximum absolute atomic E-state index is 10.2. The van der Waals surface area contributed by atoms with E-state index >= 15 is 0 Å². The number of nitrogens with two attached hydrogens (primary N) is 1. The van der Waals surface area contributed by atoms with Crippen molar-refractivity contribution in [2.24, 2.45) is 17.1 Å². The van der Waals surface area contributed by atoms with Crippen molar-refractivity contribution >= 4 is 5.97 Å². The molecule has 58 valence electrons. The predicted molar refractivity (Wildman–Crippen MR) is 37.5 cm³/mol. The quantitative estimate of drug-likeness (QED) is 0.589. The van der Waals surface area contributed by atoms with Crippen LogP contribution in [0.2, 0.25) is 0 Å². The van der Waals surface area contributed by atoms with Gasteiger partial charge < -0.3 is 10.8 Å². The van der Waals surface area contributed by atoms with Crippen molar-refractivity contribution < 1.29 is 9.90 Å². The monoisotopic (exact) mass is 143 g/mol. The van der Waals surface area contributed by atoms with Crippen LogP contribution in [0.5, 0.6) is 0 Å². The molecule has 0 unspecified atom stereocenters. The molecule has 0 saturated heterocycles. The summed E-state index contributed by atoms with van der Waals surface area (Å²) < 4.78 is 0. The summed E-state index contributed by atoms with van der Waals surface area (Å²) in [6.07, 6.45) is 0.216. The third kappa shape index (κ3) is 1.01. The minimum Gasteiger partial charge on any atom is -0.481 e. The van der Waals surface area contributed by atoms with Crippen LogP contribution in [0.25, 0.3) is 0 Å². The summed E-state index contributed by atoms with van der Waals surface area (Å²) in [5, 5.41) is 8.42. The largest absolute Gasteiger partial charge is 0.481 e. The van der Waals surface area contributed by atoms with Crippen LogP contribution in [0, 0.1) is 11.3 Å². The topological polar surface area (TPSA) is 63.3 Å². The van der Waals surface area contributed by atoms with Gasteiger partial charge in [-0.25, -0.2) is 0 Å². The molecule has 1 fully saturated rings. The van der Waals surface area contributed by atoms with E-state index in [-0.39, 0.29) is 23.8 Å².